The molecule has 5 heterocycles. The Morgan fingerprint density at radius 3 is 2.78 bits per heavy atom. The highest BCUT2D eigenvalue weighted by Gasteiger charge is 2.55. The van der Waals surface area contributed by atoms with E-state index in [1.807, 2.05) is 35.9 Å². The van der Waals surface area contributed by atoms with Crippen LogP contribution >= 0.6 is 11.3 Å². The van der Waals surface area contributed by atoms with Gasteiger partial charge in [0.2, 0.25) is 0 Å². The smallest absolute Gasteiger partial charge is 0.167 e. The number of rotatable bonds is 5. The Bertz CT molecular complexity index is 1120. The maximum Gasteiger partial charge on any atom is 0.167 e. The molecule has 32 heavy (non-hydrogen) atoms. The number of hydrogen-bond acceptors (Lipinski definition) is 9. The molecule has 4 atom stereocenters. The second-order valence-corrected chi connectivity index (χ2v) is 9.88. The molecule has 168 valence electrons. The van der Waals surface area contributed by atoms with Crippen molar-refractivity contribution in [2.24, 2.45) is 0 Å². The number of fused-ring (bicyclic) bond motifs is 2. The van der Waals surface area contributed by atoms with Gasteiger partial charge in [0, 0.05) is 17.6 Å². The molecule has 6 rings (SSSR count). The maximum absolute atomic E-state index is 6.43. The highest BCUT2D eigenvalue weighted by molar-refractivity contribution is 7.10. The lowest BCUT2D eigenvalue weighted by Crippen LogP contribution is -2.28. The fourth-order valence-corrected chi connectivity index (χ4v) is 5.43. The molecule has 0 radical (unpaired) electrons. The fraction of sp³-hybridized carbons (Fsp3) is 0.545. The number of aromatic nitrogens is 5. The summed E-state index contributed by atoms with van der Waals surface area (Å²) in [6.07, 6.45) is 12.7. The van der Waals surface area contributed by atoms with E-state index in [1.54, 1.807) is 30.2 Å². The monoisotopic (exact) mass is 454 g/mol. The van der Waals surface area contributed by atoms with Crippen molar-refractivity contribution in [1.29, 1.82) is 0 Å². The van der Waals surface area contributed by atoms with Crippen LogP contribution in [0.4, 0.5) is 5.82 Å². The molecule has 0 bridgehead atoms. The third-order valence-electron chi connectivity index (χ3n) is 6.27. The van der Waals surface area contributed by atoms with Crippen LogP contribution in [0.25, 0.3) is 17.2 Å². The minimum Gasteiger partial charge on any atom is -0.365 e. The maximum atomic E-state index is 6.43. The summed E-state index contributed by atoms with van der Waals surface area (Å²) in [6, 6.07) is 0.443. The second kappa shape index (κ2) is 7.87. The van der Waals surface area contributed by atoms with Crippen LogP contribution in [0.2, 0.25) is 0 Å². The van der Waals surface area contributed by atoms with Crippen LogP contribution in [0.3, 0.4) is 0 Å². The van der Waals surface area contributed by atoms with Crippen LogP contribution in [0, 0.1) is 0 Å². The van der Waals surface area contributed by atoms with Crippen LogP contribution < -0.4 is 5.32 Å². The highest BCUT2D eigenvalue weighted by atomic mass is 32.1. The van der Waals surface area contributed by atoms with Gasteiger partial charge in [0.25, 0.3) is 0 Å². The molecule has 3 aromatic rings. The van der Waals surface area contributed by atoms with Gasteiger partial charge in [-0.2, -0.15) is 0 Å². The molecule has 1 N–H and O–H groups in total. The second-order valence-electron chi connectivity index (χ2n) is 8.96. The van der Waals surface area contributed by atoms with E-state index in [4.69, 9.17) is 14.2 Å². The predicted molar refractivity (Wildman–Crippen MR) is 120 cm³/mol. The van der Waals surface area contributed by atoms with Gasteiger partial charge in [-0.25, -0.2) is 19.9 Å². The van der Waals surface area contributed by atoms with Crippen molar-refractivity contribution in [3.8, 4) is 0 Å². The van der Waals surface area contributed by atoms with Gasteiger partial charge < -0.3 is 19.5 Å². The van der Waals surface area contributed by atoms with Crippen LogP contribution in [0.5, 0.6) is 0 Å². The van der Waals surface area contributed by atoms with Gasteiger partial charge in [-0.15, -0.1) is 11.3 Å². The van der Waals surface area contributed by atoms with E-state index in [-0.39, 0.29) is 18.3 Å². The number of anilines is 1. The third kappa shape index (κ3) is 3.61. The molecule has 3 fully saturated rings. The number of ether oxygens (including phenoxy) is 3. The zero-order valence-corrected chi connectivity index (χ0v) is 18.9. The summed E-state index contributed by atoms with van der Waals surface area (Å²) in [6.45, 7) is 3.86. The molecule has 3 aromatic heterocycles. The van der Waals surface area contributed by atoms with Gasteiger partial charge in [0.1, 0.15) is 29.6 Å². The molecular weight excluding hydrogens is 428 g/mol. The summed E-state index contributed by atoms with van der Waals surface area (Å²) in [4.78, 5) is 17.9. The number of thiazole rings is 1. The van der Waals surface area contributed by atoms with E-state index < -0.39 is 12.0 Å². The quantitative estimate of drug-likeness (QED) is 0.622. The average molecular weight is 455 g/mol. The molecule has 1 aliphatic carbocycles. The molecule has 1 unspecified atom stereocenters. The SMILES string of the molecule is CC1(C)OC2[C@@H](O1)[C@H](n1cnc3c(NC4CCCC4)ncnc31)O[C@@H]2C=Cc1nccs1. The Balaban J connectivity index is 1.32. The summed E-state index contributed by atoms with van der Waals surface area (Å²) in [5.74, 6) is 0.0879. The molecule has 0 spiro atoms. The molecule has 0 amide bonds. The minimum atomic E-state index is -0.689. The Morgan fingerprint density at radius 1 is 1.12 bits per heavy atom. The molecule has 2 aliphatic heterocycles. The number of nitrogens with zero attached hydrogens (tertiary/aromatic N) is 5. The largest absolute Gasteiger partial charge is 0.365 e. The predicted octanol–water partition coefficient (Wildman–Crippen LogP) is 3.77. The molecule has 3 aliphatic rings. The van der Waals surface area contributed by atoms with E-state index in [0.29, 0.717) is 6.04 Å². The minimum absolute atomic E-state index is 0.235. The Labute approximate surface area is 189 Å². The number of hydrogen-bond donors (Lipinski definition) is 1. The highest BCUT2D eigenvalue weighted by Crippen LogP contribution is 2.44. The van der Waals surface area contributed by atoms with Crippen molar-refractivity contribution in [3.05, 3.63) is 35.3 Å². The fourth-order valence-electron chi connectivity index (χ4n) is 4.89. The van der Waals surface area contributed by atoms with Crippen LogP contribution in [-0.2, 0) is 14.2 Å². The molecule has 0 aromatic carbocycles. The zero-order valence-electron chi connectivity index (χ0n) is 18.0. The van der Waals surface area contributed by atoms with Crippen molar-refractivity contribution >= 4 is 34.4 Å². The Hall–Kier alpha value is -2.40. The summed E-state index contributed by atoms with van der Waals surface area (Å²) in [5.41, 5.74) is 1.47. The van der Waals surface area contributed by atoms with Gasteiger partial charge in [-0.05, 0) is 32.8 Å². The van der Waals surface area contributed by atoms with E-state index in [2.05, 4.69) is 25.3 Å². The normalized spacial score (nSPS) is 29.9. The number of imidazole rings is 1. The van der Waals surface area contributed by atoms with Crippen molar-refractivity contribution in [2.75, 3.05) is 5.32 Å². The molecule has 1 saturated carbocycles. The standard InChI is InChI=1S/C22H26N6O3S/c1-22(2)30-17-14(7-8-15-23-9-10-32-15)29-21(18(17)31-22)28-12-26-16-19(24-11-25-20(16)28)27-13-5-3-4-6-13/h7-14,17-18,21H,3-6H2,1-2H3,(H,24,25,27)/t14-,17?,18-,21-/m1/s1. The molecule has 2 saturated heterocycles. The summed E-state index contributed by atoms with van der Waals surface area (Å²) in [5, 5.41) is 6.43. The molecule has 10 heteroatoms. The molecular formula is C22H26N6O3S. The third-order valence-corrected chi connectivity index (χ3v) is 7.01. The summed E-state index contributed by atoms with van der Waals surface area (Å²) < 4.78 is 20.8. The first kappa shape index (κ1) is 20.2. The van der Waals surface area contributed by atoms with Crippen molar-refractivity contribution in [2.45, 2.75) is 75.9 Å². The van der Waals surface area contributed by atoms with Crippen molar-refractivity contribution in [1.82, 2.24) is 24.5 Å². The first-order valence-electron chi connectivity index (χ1n) is 11.1. The average Bonchev–Trinajstić information content (AvgIpc) is 3.56. The van der Waals surface area contributed by atoms with E-state index in [9.17, 15) is 0 Å². The lowest BCUT2D eigenvalue weighted by atomic mass is 10.1. The van der Waals surface area contributed by atoms with E-state index in [0.717, 1.165) is 34.8 Å². The Kier molecular flexibility index (Phi) is 4.98. The van der Waals surface area contributed by atoms with Gasteiger partial charge in [0.15, 0.2) is 29.0 Å². The number of nitrogens with one attached hydrogen (secondary N) is 1. The molecule has 9 nitrogen and oxygen atoms in total. The summed E-state index contributed by atoms with van der Waals surface area (Å²) >= 11 is 1.58. The van der Waals surface area contributed by atoms with Gasteiger partial charge >= 0.3 is 0 Å². The van der Waals surface area contributed by atoms with Gasteiger partial charge in [-0.1, -0.05) is 18.9 Å². The van der Waals surface area contributed by atoms with Crippen LogP contribution in [-0.4, -0.2) is 54.6 Å². The lowest BCUT2D eigenvalue weighted by Gasteiger charge is -2.24. The van der Waals surface area contributed by atoms with Crippen LogP contribution in [0.15, 0.2) is 30.3 Å². The van der Waals surface area contributed by atoms with Crippen LogP contribution in [0.1, 0.15) is 50.8 Å². The first-order chi connectivity index (χ1) is 15.6. The van der Waals surface area contributed by atoms with Crippen molar-refractivity contribution in [3.63, 3.8) is 0 Å². The van der Waals surface area contributed by atoms with Crippen molar-refractivity contribution < 1.29 is 14.2 Å². The summed E-state index contributed by atoms with van der Waals surface area (Å²) in [7, 11) is 0. The first-order valence-corrected chi connectivity index (χ1v) is 12.0. The van der Waals surface area contributed by atoms with Gasteiger partial charge in [0.05, 0.1) is 6.33 Å². The van der Waals surface area contributed by atoms with E-state index >= 15 is 0 Å². The van der Waals surface area contributed by atoms with Gasteiger partial charge in [-0.3, -0.25) is 4.57 Å². The Morgan fingerprint density at radius 2 is 1.97 bits per heavy atom. The topological polar surface area (TPSA) is 96.2 Å². The lowest BCUT2D eigenvalue weighted by molar-refractivity contribution is -0.191. The van der Waals surface area contributed by atoms with E-state index in [1.165, 1.54) is 12.8 Å². The zero-order chi connectivity index (χ0) is 21.7.